The van der Waals surface area contributed by atoms with Gasteiger partial charge in [0.1, 0.15) is 11.4 Å². The molecule has 0 atom stereocenters. The van der Waals surface area contributed by atoms with Crippen LogP contribution >= 0.6 is 11.6 Å². The summed E-state index contributed by atoms with van der Waals surface area (Å²) in [5, 5.41) is -0.173. The summed E-state index contributed by atoms with van der Waals surface area (Å²) < 4.78 is 43.3. The van der Waals surface area contributed by atoms with Gasteiger partial charge in [0.15, 0.2) is 0 Å². The average molecular weight is 290 g/mol. The Morgan fingerprint density at radius 3 is 2.58 bits per heavy atom. The summed E-state index contributed by atoms with van der Waals surface area (Å²) in [4.78, 5) is 7.21. The smallest absolute Gasteiger partial charge is 0.419 e. The molecule has 1 aromatic carbocycles. The van der Waals surface area contributed by atoms with Crippen LogP contribution in [0, 0.1) is 0 Å². The normalized spacial score (nSPS) is 11.4. The van der Waals surface area contributed by atoms with Gasteiger partial charge in [0, 0.05) is 0 Å². The predicted molar refractivity (Wildman–Crippen MR) is 63.0 cm³/mol. The van der Waals surface area contributed by atoms with Crippen LogP contribution in [0.1, 0.15) is 5.56 Å². The van der Waals surface area contributed by atoms with E-state index >= 15 is 0 Å². The average Bonchev–Trinajstić information content (AvgIpc) is 2.33. The van der Waals surface area contributed by atoms with Crippen molar-refractivity contribution >= 4 is 17.3 Å². The van der Waals surface area contributed by atoms with Crippen molar-refractivity contribution in [1.29, 1.82) is 0 Å². The first kappa shape index (κ1) is 13.4. The fourth-order valence-electron chi connectivity index (χ4n) is 1.33. The molecule has 0 radical (unpaired) electrons. The highest BCUT2D eigenvalue weighted by Crippen LogP contribution is 2.38. The first-order valence-electron chi connectivity index (χ1n) is 5.00. The van der Waals surface area contributed by atoms with E-state index in [1.54, 1.807) is 0 Å². The molecule has 19 heavy (non-hydrogen) atoms. The third-order valence-electron chi connectivity index (χ3n) is 2.15. The number of rotatable bonds is 2. The number of anilines is 1. The lowest BCUT2D eigenvalue weighted by atomic mass is 10.2. The maximum absolute atomic E-state index is 12.8. The topological polar surface area (TPSA) is 61.0 Å². The lowest BCUT2D eigenvalue weighted by molar-refractivity contribution is -0.138. The molecular formula is C11H7ClF3N3O. The third-order valence-corrected chi connectivity index (χ3v) is 2.33. The van der Waals surface area contributed by atoms with Crippen LogP contribution in [0.5, 0.6) is 11.6 Å². The van der Waals surface area contributed by atoms with Gasteiger partial charge in [-0.25, -0.2) is 4.98 Å². The second kappa shape index (κ2) is 4.93. The summed E-state index contributed by atoms with van der Waals surface area (Å²) in [7, 11) is 0. The Bertz CT molecular complexity index is 604. The molecule has 8 heteroatoms. The van der Waals surface area contributed by atoms with Crippen molar-refractivity contribution in [3.63, 3.8) is 0 Å². The fraction of sp³-hybridized carbons (Fsp3) is 0.0909. The summed E-state index contributed by atoms with van der Waals surface area (Å²) in [5.41, 5.74) is 4.57. The summed E-state index contributed by atoms with van der Waals surface area (Å²) in [5.74, 6) is -0.631. The third kappa shape index (κ3) is 3.05. The number of nitrogens with zero attached hydrogens (tertiary/aromatic N) is 2. The summed E-state index contributed by atoms with van der Waals surface area (Å²) in [6.07, 6.45) is -3.39. The molecule has 0 fully saturated rings. The number of nitrogen functional groups attached to an aromatic ring is 1. The zero-order valence-electron chi connectivity index (χ0n) is 9.28. The van der Waals surface area contributed by atoms with Crippen LogP contribution in [0.25, 0.3) is 0 Å². The molecule has 2 rings (SSSR count). The van der Waals surface area contributed by atoms with Gasteiger partial charge in [0.05, 0.1) is 11.8 Å². The number of nitrogens with two attached hydrogens (primary N) is 1. The number of aromatic nitrogens is 2. The van der Waals surface area contributed by atoms with Crippen molar-refractivity contribution in [3.8, 4) is 11.6 Å². The number of para-hydroxylation sites is 1. The molecule has 4 nitrogen and oxygen atoms in total. The number of alkyl halides is 3. The molecule has 0 aliphatic rings. The van der Waals surface area contributed by atoms with E-state index in [-0.39, 0.29) is 16.9 Å². The molecule has 1 heterocycles. The minimum absolute atomic E-state index is 0.0126. The van der Waals surface area contributed by atoms with E-state index in [4.69, 9.17) is 22.1 Å². The monoisotopic (exact) mass is 289 g/mol. The van der Waals surface area contributed by atoms with Gasteiger partial charge >= 0.3 is 6.18 Å². The molecule has 0 unspecified atom stereocenters. The van der Waals surface area contributed by atoms with Gasteiger partial charge in [0.2, 0.25) is 11.2 Å². The quantitative estimate of drug-likeness (QED) is 0.859. The Kier molecular flexibility index (Phi) is 3.48. The molecule has 2 N–H and O–H groups in total. The lowest BCUT2D eigenvalue weighted by Crippen LogP contribution is -2.07. The summed E-state index contributed by atoms with van der Waals surface area (Å²) in [6.45, 7) is 0. The number of hydrogen-bond donors (Lipinski definition) is 1. The van der Waals surface area contributed by atoms with Gasteiger partial charge in [-0.1, -0.05) is 12.1 Å². The largest absolute Gasteiger partial charge is 0.436 e. The molecule has 0 spiro atoms. The van der Waals surface area contributed by atoms with E-state index in [1.165, 1.54) is 12.1 Å². The molecule has 0 aliphatic heterocycles. The Hall–Kier alpha value is -2.02. The van der Waals surface area contributed by atoms with Crippen molar-refractivity contribution in [2.75, 3.05) is 5.73 Å². The van der Waals surface area contributed by atoms with Crippen molar-refractivity contribution in [2.24, 2.45) is 0 Å². The molecule has 2 aromatic rings. The van der Waals surface area contributed by atoms with Crippen LogP contribution < -0.4 is 10.5 Å². The summed E-state index contributed by atoms with van der Waals surface area (Å²) in [6, 6.07) is 4.72. The Morgan fingerprint density at radius 2 is 1.89 bits per heavy atom. The zero-order chi connectivity index (χ0) is 14.0. The second-order valence-electron chi connectivity index (χ2n) is 3.50. The maximum Gasteiger partial charge on any atom is 0.419 e. The van der Waals surface area contributed by atoms with Gasteiger partial charge in [0.25, 0.3) is 0 Å². The van der Waals surface area contributed by atoms with Gasteiger partial charge in [-0.05, 0) is 23.7 Å². The SMILES string of the molecule is Nc1cnc(Cl)nc1Oc1ccccc1C(F)(F)F. The molecule has 0 bridgehead atoms. The van der Waals surface area contributed by atoms with Crippen LogP contribution in [0.15, 0.2) is 30.5 Å². The first-order valence-corrected chi connectivity index (χ1v) is 5.38. The van der Waals surface area contributed by atoms with Crippen molar-refractivity contribution < 1.29 is 17.9 Å². The van der Waals surface area contributed by atoms with Crippen LogP contribution in [-0.2, 0) is 6.18 Å². The first-order chi connectivity index (χ1) is 8.88. The highest BCUT2D eigenvalue weighted by molar-refractivity contribution is 6.28. The van der Waals surface area contributed by atoms with Crippen LogP contribution in [-0.4, -0.2) is 9.97 Å². The van der Waals surface area contributed by atoms with E-state index in [0.29, 0.717) is 0 Å². The maximum atomic E-state index is 12.8. The molecule has 0 amide bonds. The molecular weight excluding hydrogens is 283 g/mol. The summed E-state index contributed by atoms with van der Waals surface area (Å²) >= 11 is 5.53. The Labute approximate surface area is 111 Å². The van der Waals surface area contributed by atoms with Crippen molar-refractivity contribution in [1.82, 2.24) is 9.97 Å². The van der Waals surface area contributed by atoms with E-state index < -0.39 is 17.5 Å². The van der Waals surface area contributed by atoms with Gasteiger partial charge < -0.3 is 10.5 Å². The molecule has 0 aliphatic carbocycles. The minimum Gasteiger partial charge on any atom is -0.436 e. The lowest BCUT2D eigenvalue weighted by Gasteiger charge is -2.13. The predicted octanol–water partition coefficient (Wildman–Crippen LogP) is 3.52. The van der Waals surface area contributed by atoms with E-state index in [1.807, 2.05) is 0 Å². The van der Waals surface area contributed by atoms with Crippen LogP contribution in [0.2, 0.25) is 5.28 Å². The highest BCUT2D eigenvalue weighted by atomic mass is 35.5. The molecule has 1 aromatic heterocycles. The molecule has 100 valence electrons. The number of ether oxygens (including phenoxy) is 1. The number of hydrogen-bond acceptors (Lipinski definition) is 4. The van der Waals surface area contributed by atoms with Crippen LogP contribution in [0.4, 0.5) is 18.9 Å². The van der Waals surface area contributed by atoms with E-state index in [2.05, 4.69) is 9.97 Å². The number of benzene rings is 1. The van der Waals surface area contributed by atoms with Crippen LogP contribution in [0.3, 0.4) is 0 Å². The second-order valence-corrected chi connectivity index (χ2v) is 3.83. The Morgan fingerprint density at radius 1 is 1.21 bits per heavy atom. The van der Waals surface area contributed by atoms with E-state index in [0.717, 1.165) is 18.3 Å². The minimum atomic E-state index is -4.54. The number of halogens is 4. The van der Waals surface area contributed by atoms with E-state index in [9.17, 15) is 13.2 Å². The van der Waals surface area contributed by atoms with Gasteiger partial charge in [-0.2, -0.15) is 18.2 Å². The molecule has 0 saturated heterocycles. The van der Waals surface area contributed by atoms with Crippen molar-refractivity contribution in [3.05, 3.63) is 41.3 Å². The zero-order valence-corrected chi connectivity index (χ0v) is 10.0. The van der Waals surface area contributed by atoms with Crippen molar-refractivity contribution in [2.45, 2.75) is 6.18 Å². The van der Waals surface area contributed by atoms with Gasteiger partial charge in [-0.3, -0.25) is 0 Å². The van der Waals surface area contributed by atoms with Gasteiger partial charge in [-0.15, -0.1) is 0 Å². The fourth-order valence-corrected chi connectivity index (χ4v) is 1.46. The Balaban J connectivity index is 2.41. The molecule has 0 saturated carbocycles. The standard InChI is InChI=1S/C11H7ClF3N3O/c12-10-17-5-7(16)9(18-10)19-8-4-2-1-3-6(8)11(13,14)15/h1-5H,16H2. The highest BCUT2D eigenvalue weighted by Gasteiger charge is 2.34.